The second-order valence-corrected chi connectivity index (χ2v) is 7.86. The normalized spacial score (nSPS) is 10.8. The van der Waals surface area contributed by atoms with Crippen LogP contribution >= 0.6 is 0 Å². The number of carbonyl (C=O) groups is 1. The number of aryl methyl sites for hydroxylation is 1. The van der Waals surface area contributed by atoms with E-state index in [2.05, 4.69) is 5.32 Å². The highest BCUT2D eigenvalue weighted by atomic mass is 16.5. The first-order valence-electron chi connectivity index (χ1n) is 10.7. The fourth-order valence-electron chi connectivity index (χ4n) is 3.90. The van der Waals surface area contributed by atoms with Crippen LogP contribution in [0.3, 0.4) is 0 Å². The Morgan fingerprint density at radius 1 is 0.879 bits per heavy atom. The largest absolute Gasteiger partial charge is 0.495 e. The van der Waals surface area contributed by atoms with Crippen molar-refractivity contribution in [3.63, 3.8) is 0 Å². The van der Waals surface area contributed by atoms with E-state index in [-0.39, 0.29) is 5.91 Å². The van der Waals surface area contributed by atoms with Crippen LogP contribution < -0.4 is 10.1 Å². The maximum atomic E-state index is 13.0. The topological polar surface area (TPSA) is 55.6 Å². The Morgan fingerprint density at radius 2 is 1.61 bits per heavy atom. The number of nitrogens with zero attached hydrogens (tertiary/aromatic N) is 2. The Bertz CT molecular complexity index is 1440. The van der Waals surface area contributed by atoms with Crippen molar-refractivity contribution in [2.45, 2.75) is 6.92 Å². The van der Waals surface area contributed by atoms with Gasteiger partial charge in [-0.05, 0) is 60.0 Å². The predicted octanol–water partition coefficient (Wildman–Crippen LogP) is 6.24. The second-order valence-electron chi connectivity index (χ2n) is 7.86. The molecule has 1 N–H and O–H groups in total. The van der Waals surface area contributed by atoms with Crippen LogP contribution in [0.4, 0.5) is 5.69 Å². The zero-order chi connectivity index (χ0) is 22.8. The minimum Gasteiger partial charge on any atom is -0.495 e. The molecule has 0 fully saturated rings. The van der Waals surface area contributed by atoms with Gasteiger partial charge in [-0.15, -0.1) is 0 Å². The maximum Gasteiger partial charge on any atom is 0.255 e. The highest BCUT2D eigenvalue weighted by Gasteiger charge is 2.13. The number of hydrogen-bond acceptors (Lipinski definition) is 3. The molecular weight excluding hydrogens is 410 g/mol. The molecule has 3 aromatic carbocycles. The van der Waals surface area contributed by atoms with Crippen molar-refractivity contribution in [2.75, 3.05) is 12.4 Å². The van der Waals surface area contributed by atoms with Crippen LogP contribution in [-0.4, -0.2) is 22.4 Å². The van der Waals surface area contributed by atoms with Gasteiger partial charge < -0.3 is 14.5 Å². The van der Waals surface area contributed by atoms with E-state index in [0.717, 1.165) is 33.6 Å². The maximum absolute atomic E-state index is 13.0. The Labute approximate surface area is 192 Å². The monoisotopic (exact) mass is 433 g/mol. The molecule has 33 heavy (non-hydrogen) atoms. The third kappa shape index (κ3) is 4.08. The highest BCUT2D eigenvalue weighted by molar-refractivity contribution is 6.05. The minimum absolute atomic E-state index is 0.198. The van der Waals surface area contributed by atoms with Crippen molar-refractivity contribution in [3.05, 3.63) is 108 Å². The summed E-state index contributed by atoms with van der Waals surface area (Å²) >= 11 is 0. The van der Waals surface area contributed by atoms with Gasteiger partial charge in [0, 0.05) is 23.5 Å². The fourth-order valence-corrected chi connectivity index (χ4v) is 3.90. The van der Waals surface area contributed by atoms with Crippen molar-refractivity contribution in [1.82, 2.24) is 9.38 Å². The highest BCUT2D eigenvalue weighted by Crippen LogP contribution is 2.31. The SMILES string of the molecule is COc1ccc(-c2cn3cccc(C)c3n2)cc1NC(=O)c1ccc(-c2ccccc2)cc1. The van der Waals surface area contributed by atoms with E-state index in [4.69, 9.17) is 9.72 Å². The van der Waals surface area contributed by atoms with Crippen LogP contribution in [0.5, 0.6) is 5.75 Å². The fraction of sp³-hybridized carbons (Fsp3) is 0.0714. The Morgan fingerprint density at radius 3 is 2.33 bits per heavy atom. The lowest BCUT2D eigenvalue weighted by atomic mass is 10.0. The molecule has 0 atom stereocenters. The summed E-state index contributed by atoms with van der Waals surface area (Å²) in [6, 6.07) is 27.4. The molecule has 2 heterocycles. The van der Waals surface area contributed by atoms with Crippen LogP contribution in [0.25, 0.3) is 28.0 Å². The zero-order valence-electron chi connectivity index (χ0n) is 18.4. The third-order valence-electron chi connectivity index (χ3n) is 5.68. The van der Waals surface area contributed by atoms with Crippen LogP contribution in [0.1, 0.15) is 15.9 Å². The average Bonchev–Trinajstić information content (AvgIpc) is 3.30. The van der Waals surface area contributed by atoms with Crippen molar-refractivity contribution in [1.29, 1.82) is 0 Å². The number of pyridine rings is 1. The van der Waals surface area contributed by atoms with Gasteiger partial charge in [-0.25, -0.2) is 4.98 Å². The number of rotatable bonds is 5. The number of imidazole rings is 1. The number of ether oxygens (including phenoxy) is 1. The molecule has 1 amide bonds. The molecule has 162 valence electrons. The summed E-state index contributed by atoms with van der Waals surface area (Å²) in [6.45, 7) is 2.04. The number of hydrogen-bond donors (Lipinski definition) is 1. The molecule has 5 nitrogen and oxygen atoms in total. The molecular formula is C28H23N3O2. The predicted molar refractivity (Wildman–Crippen MR) is 132 cm³/mol. The lowest BCUT2D eigenvalue weighted by Crippen LogP contribution is -2.12. The van der Waals surface area contributed by atoms with Gasteiger partial charge in [0.2, 0.25) is 0 Å². The number of benzene rings is 3. The number of aromatic nitrogens is 2. The van der Waals surface area contributed by atoms with E-state index < -0.39 is 0 Å². The summed E-state index contributed by atoms with van der Waals surface area (Å²) in [5, 5.41) is 2.99. The first-order valence-corrected chi connectivity index (χ1v) is 10.7. The quantitative estimate of drug-likeness (QED) is 0.357. The summed E-state index contributed by atoms with van der Waals surface area (Å²) in [4.78, 5) is 17.7. The number of nitrogens with one attached hydrogen (secondary N) is 1. The van der Waals surface area contributed by atoms with Gasteiger partial charge in [0.25, 0.3) is 5.91 Å². The molecule has 0 spiro atoms. The van der Waals surface area contributed by atoms with Crippen LogP contribution in [0.2, 0.25) is 0 Å². The number of anilines is 1. The summed E-state index contributed by atoms with van der Waals surface area (Å²) in [6.07, 6.45) is 3.96. The molecule has 0 bridgehead atoms. The van der Waals surface area contributed by atoms with E-state index in [1.54, 1.807) is 7.11 Å². The molecule has 0 saturated carbocycles. The molecule has 5 rings (SSSR count). The molecule has 0 radical (unpaired) electrons. The van der Waals surface area contributed by atoms with Crippen molar-refractivity contribution >= 4 is 17.2 Å². The lowest BCUT2D eigenvalue weighted by Gasteiger charge is -2.12. The lowest BCUT2D eigenvalue weighted by molar-refractivity contribution is 0.102. The number of methoxy groups -OCH3 is 1. The molecule has 0 aliphatic heterocycles. The van der Waals surface area contributed by atoms with Gasteiger partial charge in [-0.2, -0.15) is 0 Å². The first-order chi connectivity index (χ1) is 16.1. The van der Waals surface area contributed by atoms with Crippen molar-refractivity contribution < 1.29 is 9.53 Å². The van der Waals surface area contributed by atoms with E-state index in [1.807, 2.05) is 109 Å². The van der Waals surface area contributed by atoms with Crippen LogP contribution in [-0.2, 0) is 0 Å². The average molecular weight is 434 g/mol. The van der Waals surface area contributed by atoms with Gasteiger partial charge in [-0.1, -0.05) is 48.5 Å². The Kier molecular flexibility index (Phi) is 5.37. The van der Waals surface area contributed by atoms with Gasteiger partial charge in [-0.3, -0.25) is 4.79 Å². The Balaban J connectivity index is 1.42. The number of fused-ring (bicyclic) bond motifs is 1. The van der Waals surface area contributed by atoms with Crippen molar-refractivity contribution in [3.8, 4) is 28.1 Å². The molecule has 0 aliphatic rings. The molecule has 2 aromatic heterocycles. The number of carbonyl (C=O) groups excluding carboxylic acids is 1. The molecule has 0 unspecified atom stereocenters. The zero-order valence-corrected chi connectivity index (χ0v) is 18.4. The van der Waals surface area contributed by atoms with Gasteiger partial charge in [0.05, 0.1) is 18.5 Å². The summed E-state index contributed by atoms with van der Waals surface area (Å²) in [5.74, 6) is 0.392. The van der Waals surface area contributed by atoms with Crippen LogP contribution in [0, 0.1) is 6.92 Å². The van der Waals surface area contributed by atoms with Gasteiger partial charge >= 0.3 is 0 Å². The smallest absolute Gasteiger partial charge is 0.255 e. The number of amides is 1. The summed E-state index contributed by atoms with van der Waals surface area (Å²) in [5.41, 5.74) is 7.09. The minimum atomic E-state index is -0.198. The second kappa shape index (κ2) is 8.63. The first kappa shape index (κ1) is 20.5. The summed E-state index contributed by atoms with van der Waals surface area (Å²) < 4.78 is 7.49. The van der Waals surface area contributed by atoms with E-state index >= 15 is 0 Å². The molecule has 0 aliphatic carbocycles. The molecule has 0 saturated heterocycles. The van der Waals surface area contributed by atoms with Crippen molar-refractivity contribution in [2.24, 2.45) is 0 Å². The standard InChI is InChI=1S/C28H23N3O2/c1-19-7-6-16-31-18-25(29-27(19)31)23-14-15-26(33-2)24(17-23)30-28(32)22-12-10-21(11-13-22)20-8-4-3-5-9-20/h3-18H,1-2H3,(H,30,32). The Hall–Kier alpha value is -4.38. The molecule has 5 aromatic rings. The van der Waals surface area contributed by atoms with Gasteiger partial charge in [0.1, 0.15) is 11.4 Å². The van der Waals surface area contributed by atoms with Crippen LogP contribution in [0.15, 0.2) is 97.3 Å². The van der Waals surface area contributed by atoms with Gasteiger partial charge in [0.15, 0.2) is 0 Å². The van der Waals surface area contributed by atoms with E-state index in [9.17, 15) is 4.79 Å². The van der Waals surface area contributed by atoms with E-state index in [0.29, 0.717) is 17.0 Å². The third-order valence-corrected chi connectivity index (χ3v) is 5.68. The molecule has 5 heteroatoms. The summed E-state index contributed by atoms with van der Waals surface area (Å²) in [7, 11) is 1.59. The van der Waals surface area contributed by atoms with E-state index in [1.165, 1.54) is 0 Å².